The van der Waals surface area contributed by atoms with Crippen molar-refractivity contribution >= 4 is 33.0 Å². The normalized spacial score (nSPS) is 12.4. The van der Waals surface area contributed by atoms with Gasteiger partial charge in [0, 0.05) is 6.07 Å². The molecule has 2 aromatic carbocycles. The van der Waals surface area contributed by atoms with Crippen LogP contribution in [0, 0.1) is 0 Å². The lowest BCUT2D eigenvalue weighted by atomic mass is 10.1. The first-order chi connectivity index (χ1) is 11.5. The highest BCUT2D eigenvalue weighted by Crippen LogP contribution is 2.22. The summed E-state index contributed by atoms with van der Waals surface area (Å²) in [5, 5.41) is 18.8. The second kappa shape index (κ2) is 7.11. The Labute approximate surface area is 143 Å². The van der Waals surface area contributed by atoms with E-state index in [2.05, 4.69) is 7.81 Å². The van der Waals surface area contributed by atoms with Crippen LogP contribution in [0.15, 0.2) is 42.5 Å². The highest BCUT2D eigenvalue weighted by Gasteiger charge is 2.22. The maximum absolute atomic E-state index is 11.2. The van der Waals surface area contributed by atoms with Crippen molar-refractivity contribution in [2.24, 2.45) is 0 Å². The minimum Gasteiger partial charge on any atom is -0.508 e. The van der Waals surface area contributed by atoms with E-state index in [4.69, 9.17) is 4.55 Å². The second-order valence-corrected chi connectivity index (χ2v) is 7.06. The van der Waals surface area contributed by atoms with Crippen LogP contribution in [-0.4, -0.2) is 31.6 Å². The fraction of sp³-hybridized carbons (Fsp3) is 0. The first-order valence-corrected chi connectivity index (χ1v) is 9.16. The average molecular weight is 388 g/mol. The van der Waals surface area contributed by atoms with Crippen LogP contribution < -0.4 is 4.18 Å². The number of benzene rings is 2. The molecule has 0 radical (unpaired) electrons. The molecule has 0 aliphatic rings. The quantitative estimate of drug-likeness (QED) is 0.497. The molecule has 9 nitrogen and oxygen atoms in total. The Bertz CT molecular complexity index is 971. The summed E-state index contributed by atoms with van der Waals surface area (Å²) < 4.78 is 59.3. The molecule has 0 atom stereocenters. The summed E-state index contributed by atoms with van der Waals surface area (Å²) >= 11 is 0. The predicted octanol–water partition coefficient (Wildman–Crippen LogP) is 1.71. The standard InChI is InChI=1S/C14H12O9S2/c15-12-7-11(8-13(16)9-12)2-1-10-3-5-14(6-4-10)22-25(20,21)23-24(17,18)19/h1-9,15-16H,(H,17,18,19)/b2-1+. The summed E-state index contributed by atoms with van der Waals surface area (Å²) in [5.41, 5.74) is 1.14. The van der Waals surface area contributed by atoms with Crippen LogP contribution in [0.4, 0.5) is 0 Å². The fourth-order valence-electron chi connectivity index (χ4n) is 1.78. The predicted molar refractivity (Wildman–Crippen MR) is 87.3 cm³/mol. The highest BCUT2D eigenvalue weighted by molar-refractivity contribution is 7.95. The van der Waals surface area contributed by atoms with E-state index in [1.54, 1.807) is 12.2 Å². The third kappa shape index (κ3) is 6.43. The monoisotopic (exact) mass is 388 g/mol. The molecule has 3 N–H and O–H groups in total. The Balaban J connectivity index is 2.11. The van der Waals surface area contributed by atoms with Gasteiger partial charge in [0.05, 0.1) is 0 Å². The van der Waals surface area contributed by atoms with Crippen molar-refractivity contribution in [3.63, 3.8) is 0 Å². The zero-order valence-electron chi connectivity index (χ0n) is 12.3. The van der Waals surface area contributed by atoms with Gasteiger partial charge >= 0.3 is 20.8 Å². The molecule has 134 valence electrons. The Kier molecular flexibility index (Phi) is 5.33. The van der Waals surface area contributed by atoms with Gasteiger partial charge in [-0.05, 0) is 35.4 Å². The van der Waals surface area contributed by atoms with E-state index in [0.29, 0.717) is 11.1 Å². The van der Waals surface area contributed by atoms with Crippen molar-refractivity contribution in [3.8, 4) is 17.2 Å². The first-order valence-electron chi connectivity index (χ1n) is 6.46. The molecule has 25 heavy (non-hydrogen) atoms. The van der Waals surface area contributed by atoms with Crippen LogP contribution in [0.2, 0.25) is 0 Å². The van der Waals surface area contributed by atoms with Crippen molar-refractivity contribution in [2.45, 2.75) is 0 Å². The van der Waals surface area contributed by atoms with Gasteiger partial charge in [-0.25, -0.2) is 0 Å². The van der Waals surface area contributed by atoms with E-state index >= 15 is 0 Å². The molecular formula is C14H12O9S2. The van der Waals surface area contributed by atoms with E-state index < -0.39 is 20.8 Å². The van der Waals surface area contributed by atoms with Gasteiger partial charge in [-0.2, -0.15) is 16.8 Å². The van der Waals surface area contributed by atoms with E-state index in [1.807, 2.05) is 0 Å². The maximum Gasteiger partial charge on any atom is 0.465 e. The van der Waals surface area contributed by atoms with Gasteiger partial charge in [0.1, 0.15) is 17.2 Å². The Hall–Kier alpha value is -2.60. The van der Waals surface area contributed by atoms with Crippen LogP contribution in [0.3, 0.4) is 0 Å². The molecule has 0 bridgehead atoms. The highest BCUT2D eigenvalue weighted by atomic mass is 32.3. The summed E-state index contributed by atoms with van der Waals surface area (Å²) in [6.07, 6.45) is 3.20. The number of phenols is 2. The van der Waals surface area contributed by atoms with E-state index in [9.17, 15) is 27.0 Å². The fourth-order valence-corrected chi connectivity index (χ4v) is 3.08. The van der Waals surface area contributed by atoms with Crippen LogP contribution in [-0.2, 0) is 24.4 Å². The maximum atomic E-state index is 11.2. The number of hydrogen-bond donors (Lipinski definition) is 3. The lowest BCUT2D eigenvalue weighted by molar-refractivity contribution is 0.347. The van der Waals surface area contributed by atoms with E-state index in [0.717, 1.165) is 0 Å². The van der Waals surface area contributed by atoms with Gasteiger partial charge in [-0.1, -0.05) is 27.9 Å². The van der Waals surface area contributed by atoms with Crippen molar-refractivity contribution in [1.29, 1.82) is 0 Å². The molecule has 0 aliphatic carbocycles. The molecule has 0 fully saturated rings. The molecular weight excluding hydrogens is 376 g/mol. The van der Waals surface area contributed by atoms with Gasteiger partial charge in [0.15, 0.2) is 0 Å². The van der Waals surface area contributed by atoms with Gasteiger partial charge in [0.2, 0.25) is 0 Å². The lowest BCUT2D eigenvalue weighted by Gasteiger charge is -2.04. The van der Waals surface area contributed by atoms with Crippen LogP contribution in [0.1, 0.15) is 11.1 Å². The summed E-state index contributed by atoms with van der Waals surface area (Å²) in [7, 11) is -10.2. The Morgan fingerprint density at radius 2 is 1.32 bits per heavy atom. The molecule has 2 rings (SSSR count). The minimum atomic E-state index is -5.22. The summed E-state index contributed by atoms with van der Waals surface area (Å²) in [4.78, 5) is 0. The SMILES string of the molecule is O=S(=O)(O)OS(=O)(=O)Oc1ccc(/C=C/c2cc(O)cc(O)c2)cc1. The van der Waals surface area contributed by atoms with Gasteiger partial charge in [-0.3, -0.25) is 4.55 Å². The van der Waals surface area contributed by atoms with Gasteiger partial charge in [0.25, 0.3) is 0 Å². The number of aromatic hydroxyl groups is 2. The minimum absolute atomic E-state index is 0.104. The zero-order valence-corrected chi connectivity index (χ0v) is 13.9. The lowest BCUT2D eigenvalue weighted by Crippen LogP contribution is -2.17. The molecule has 0 saturated heterocycles. The number of rotatable bonds is 6. The molecule has 0 amide bonds. The molecule has 0 heterocycles. The smallest absolute Gasteiger partial charge is 0.465 e. The topological polar surface area (TPSA) is 147 Å². The first kappa shape index (κ1) is 18.7. The number of hydrogen-bond acceptors (Lipinski definition) is 8. The molecule has 0 aromatic heterocycles. The van der Waals surface area contributed by atoms with Crippen molar-refractivity contribution in [2.75, 3.05) is 0 Å². The van der Waals surface area contributed by atoms with Gasteiger partial charge in [-0.15, -0.1) is 0 Å². The zero-order chi connectivity index (χ0) is 18.7. The Morgan fingerprint density at radius 1 is 0.800 bits per heavy atom. The third-order valence-electron chi connectivity index (χ3n) is 2.64. The Morgan fingerprint density at radius 3 is 1.84 bits per heavy atom. The van der Waals surface area contributed by atoms with Crippen molar-refractivity contribution in [3.05, 3.63) is 53.6 Å². The van der Waals surface area contributed by atoms with E-state index in [-0.39, 0.29) is 17.2 Å². The molecule has 0 spiro atoms. The van der Waals surface area contributed by atoms with Crippen molar-refractivity contribution in [1.82, 2.24) is 0 Å². The molecule has 0 aliphatic heterocycles. The second-order valence-electron chi connectivity index (χ2n) is 4.67. The molecule has 11 heteroatoms. The largest absolute Gasteiger partial charge is 0.508 e. The van der Waals surface area contributed by atoms with E-state index in [1.165, 1.54) is 42.5 Å². The third-order valence-corrected chi connectivity index (χ3v) is 4.39. The van der Waals surface area contributed by atoms with Crippen LogP contribution in [0.25, 0.3) is 12.2 Å². The summed E-state index contributed by atoms with van der Waals surface area (Å²) in [5.74, 6) is -0.448. The van der Waals surface area contributed by atoms with Crippen molar-refractivity contribution < 1.29 is 39.4 Å². The molecule has 0 unspecified atom stereocenters. The van der Waals surface area contributed by atoms with Gasteiger partial charge < -0.3 is 14.4 Å². The average Bonchev–Trinajstić information content (AvgIpc) is 2.42. The molecule has 0 saturated carbocycles. The summed E-state index contributed by atoms with van der Waals surface area (Å²) in [6.45, 7) is 0. The van der Waals surface area contributed by atoms with Crippen LogP contribution >= 0.6 is 0 Å². The number of phenolic OH excluding ortho intramolecular Hbond substituents is 2. The molecule has 2 aromatic rings. The summed E-state index contributed by atoms with van der Waals surface area (Å²) in [6, 6.07) is 9.39. The van der Waals surface area contributed by atoms with Crippen LogP contribution in [0.5, 0.6) is 17.2 Å².